The molecule has 0 spiro atoms. The predicted octanol–water partition coefficient (Wildman–Crippen LogP) is 2.46. The second-order valence-corrected chi connectivity index (χ2v) is 5.15. The van der Waals surface area contributed by atoms with Crippen molar-refractivity contribution < 1.29 is 9.13 Å². The summed E-state index contributed by atoms with van der Waals surface area (Å²) in [6, 6.07) is 4.67. The Morgan fingerprint density at radius 1 is 1.33 bits per heavy atom. The first kappa shape index (κ1) is 13.3. The first-order chi connectivity index (χ1) is 8.47. The summed E-state index contributed by atoms with van der Waals surface area (Å²) in [5.74, 6) is -0.236. The van der Waals surface area contributed by atoms with E-state index in [1.54, 1.807) is 0 Å². The molecule has 100 valence electrons. The Kier molecular flexibility index (Phi) is 3.88. The Labute approximate surface area is 108 Å². The van der Waals surface area contributed by atoms with Crippen molar-refractivity contribution in [1.29, 1.82) is 0 Å². The molecule has 0 aliphatic carbocycles. The van der Waals surface area contributed by atoms with E-state index in [1.807, 2.05) is 13.0 Å². The highest BCUT2D eigenvalue weighted by molar-refractivity contribution is 5.55. The van der Waals surface area contributed by atoms with Gasteiger partial charge in [0.25, 0.3) is 0 Å². The fourth-order valence-electron chi connectivity index (χ4n) is 2.55. The summed E-state index contributed by atoms with van der Waals surface area (Å²) in [5.41, 5.74) is 7.81. The van der Waals surface area contributed by atoms with Gasteiger partial charge in [0, 0.05) is 24.8 Å². The molecule has 0 amide bonds. The van der Waals surface area contributed by atoms with Gasteiger partial charge >= 0.3 is 0 Å². The van der Waals surface area contributed by atoms with Gasteiger partial charge in [0.15, 0.2) is 0 Å². The minimum atomic E-state index is -0.236. The Morgan fingerprint density at radius 3 is 2.50 bits per heavy atom. The second-order valence-electron chi connectivity index (χ2n) is 5.15. The molecule has 4 heteroatoms. The minimum absolute atomic E-state index is 0.177. The molecular weight excluding hydrogens is 231 g/mol. The molecule has 3 atom stereocenters. The zero-order valence-corrected chi connectivity index (χ0v) is 11.2. The molecule has 1 aliphatic heterocycles. The first-order valence-corrected chi connectivity index (χ1v) is 6.43. The van der Waals surface area contributed by atoms with Crippen molar-refractivity contribution in [2.24, 2.45) is 5.73 Å². The highest BCUT2D eigenvalue weighted by atomic mass is 19.1. The molecule has 2 rings (SSSR count). The fourth-order valence-corrected chi connectivity index (χ4v) is 2.55. The molecular formula is C14H21FN2O. The van der Waals surface area contributed by atoms with E-state index in [1.165, 1.54) is 12.1 Å². The number of hydrogen-bond donors (Lipinski definition) is 1. The number of halogens is 1. The normalized spacial score (nSPS) is 26.2. The van der Waals surface area contributed by atoms with E-state index < -0.39 is 0 Å². The van der Waals surface area contributed by atoms with Gasteiger partial charge in [-0.25, -0.2) is 4.39 Å². The molecule has 0 unspecified atom stereocenters. The standard InChI is InChI=1S/C14H21FN2O/c1-9-7-17(8-10(2)18-9)14-5-4-12(15)6-13(14)11(3)16/h4-6,9-11H,7-8,16H2,1-3H3/t9-,10+,11-/m0/s1. The summed E-state index contributed by atoms with van der Waals surface area (Å²) in [4.78, 5) is 2.23. The van der Waals surface area contributed by atoms with E-state index in [0.717, 1.165) is 24.3 Å². The molecule has 1 fully saturated rings. The maximum absolute atomic E-state index is 13.3. The fraction of sp³-hybridized carbons (Fsp3) is 0.571. The van der Waals surface area contributed by atoms with Gasteiger partial charge in [-0.05, 0) is 44.5 Å². The average molecular weight is 252 g/mol. The molecule has 0 bridgehead atoms. The van der Waals surface area contributed by atoms with Crippen LogP contribution in [0.3, 0.4) is 0 Å². The number of morpholine rings is 1. The number of rotatable bonds is 2. The summed E-state index contributed by atoms with van der Waals surface area (Å²) in [7, 11) is 0. The van der Waals surface area contributed by atoms with Crippen LogP contribution in [-0.2, 0) is 4.74 Å². The van der Waals surface area contributed by atoms with Crippen LogP contribution in [0.5, 0.6) is 0 Å². The number of ether oxygens (including phenoxy) is 1. The Hall–Kier alpha value is -1.13. The lowest BCUT2D eigenvalue weighted by Crippen LogP contribution is -2.46. The van der Waals surface area contributed by atoms with Gasteiger partial charge in [-0.2, -0.15) is 0 Å². The smallest absolute Gasteiger partial charge is 0.123 e. The molecule has 18 heavy (non-hydrogen) atoms. The quantitative estimate of drug-likeness (QED) is 0.878. The Morgan fingerprint density at radius 2 is 1.94 bits per heavy atom. The Bertz CT molecular complexity index is 412. The van der Waals surface area contributed by atoms with E-state index in [0.29, 0.717) is 0 Å². The van der Waals surface area contributed by atoms with Crippen molar-refractivity contribution in [2.45, 2.75) is 39.0 Å². The van der Waals surface area contributed by atoms with Gasteiger partial charge in [-0.15, -0.1) is 0 Å². The number of anilines is 1. The van der Waals surface area contributed by atoms with Gasteiger partial charge in [-0.1, -0.05) is 0 Å². The van der Waals surface area contributed by atoms with E-state index in [-0.39, 0.29) is 24.1 Å². The molecule has 1 aliphatic rings. The summed E-state index contributed by atoms with van der Waals surface area (Å²) < 4.78 is 19.0. The van der Waals surface area contributed by atoms with Crippen LogP contribution in [0, 0.1) is 5.82 Å². The largest absolute Gasteiger partial charge is 0.372 e. The van der Waals surface area contributed by atoms with Crippen molar-refractivity contribution in [1.82, 2.24) is 0 Å². The van der Waals surface area contributed by atoms with Gasteiger partial charge < -0.3 is 15.4 Å². The van der Waals surface area contributed by atoms with E-state index in [9.17, 15) is 4.39 Å². The monoisotopic (exact) mass is 252 g/mol. The van der Waals surface area contributed by atoms with Crippen LogP contribution in [0.1, 0.15) is 32.4 Å². The van der Waals surface area contributed by atoms with Crippen molar-refractivity contribution in [3.05, 3.63) is 29.6 Å². The van der Waals surface area contributed by atoms with E-state index in [2.05, 4.69) is 18.7 Å². The molecule has 0 aromatic heterocycles. The molecule has 1 aromatic rings. The van der Waals surface area contributed by atoms with Crippen molar-refractivity contribution in [3.8, 4) is 0 Å². The van der Waals surface area contributed by atoms with E-state index >= 15 is 0 Å². The molecule has 2 N–H and O–H groups in total. The van der Waals surface area contributed by atoms with Crippen LogP contribution in [0.15, 0.2) is 18.2 Å². The maximum Gasteiger partial charge on any atom is 0.123 e. The van der Waals surface area contributed by atoms with Gasteiger partial charge in [-0.3, -0.25) is 0 Å². The van der Waals surface area contributed by atoms with Crippen LogP contribution >= 0.6 is 0 Å². The van der Waals surface area contributed by atoms with Crippen molar-refractivity contribution in [3.63, 3.8) is 0 Å². The van der Waals surface area contributed by atoms with Crippen LogP contribution in [0.4, 0.5) is 10.1 Å². The van der Waals surface area contributed by atoms with Gasteiger partial charge in [0.2, 0.25) is 0 Å². The van der Waals surface area contributed by atoms with Crippen LogP contribution in [0.25, 0.3) is 0 Å². The topological polar surface area (TPSA) is 38.5 Å². The minimum Gasteiger partial charge on any atom is -0.372 e. The lowest BCUT2D eigenvalue weighted by Gasteiger charge is -2.38. The first-order valence-electron chi connectivity index (χ1n) is 6.43. The lowest BCUT2D eigenvalue weighted by atomic mass is 10.0. The third kappa shape index (κ3) is 2.82. The van der Waals surface area contributed by atoms with E-state index in [4.69, 9.17) is 10.5 Å². The van der Waals surface area contributed by atoms with Crippen LogP contribution in [0.2, 0.25) is 0 Å². The number of benzene rings is 1. The lowest BCUT2D eigenvalue weighted by molar-refractivity contribution is -0.00527. The van der Waals surface area contributed by atoms with Gasteiger partial charge in [0.05, 0.1) is 12.2 Å². The molecule has 3 nitrogen and oxygen atoms in total. The number of nitrogens with zero attached hydrogens (tertiary/aromatic N) is 1. The molecule has 1 aromatic carbocycles. The van der Waals surface area contributed by atoms with Crippen LogP contribution < -0.4 is 10.6 Å². The third-order valence-electron chi connectivity index (χ3n) is 3.24. The number of nitrogens with two attached hydrogens (primary N) is 1. The Balaban J connectivity index is 2.32. The zero-order valence-electron chi connectivity index (χ0n) is 11.2. The van der Waals surface area contributed by atoms with Crippen molar-refractivity contribution in [2.75, 3.05) is 18.0 Å². The average Bonchev–Trinajstić information content (AvgIpc) is 2.27. The summed E-state index contributed by atoms with van der Waals surface area (Å²) in [5, 5.41) is 0. The highest BCUT2D eigenvalue weighted by Crippen LogP contribution is 2.28. The highest BCUT2D eigenvalue weighted by Gasteiger charge is 2.24. The predicted molar refractivity (Wildman–Crippen MR) is 71.2 cm³/mol. The van der Waals surface area contributed by atoms with Gasteiger partial charge in [0.1, 0.15) is 5.82 Å². The second kappa shape index (κ2) is 5.24. The van der Waals surface area contributed by atoms with Crippen LogP contribution in [-0.4, -0.2) is 25.3 Å². The number of hydrogen-bond acceptors (Lipinski definition) is 3. The summed E-state index contributed by atoms with van der Waals surface area (Å²) in [6.45, 7) is 7.62. The SMILES string of the molecule is C[C@@H]1CN(c2ccc(F)cc2[C@H](C)N)C[C@H](C)O1. The third-order valence-corrected chi connectivity index (χ3v) is 3.24. The maximum atomic E-state index is 13.3. The molecule has 1 saturated heterocycles. The molecule has 0 saturated carbocycles. The summed E-state index contributed by atoms with van der Waals surface area (Å²) in [6.07, 6.45) is 0.361. The zero-order chi connectivity index (χ0) is 13.3. The summed E-state index contributed by atoms with van der Waals surface area (Å²) >= 11 is 0. The molecule has 0 radical (unpaired) electrons. The van der Waals surface area contributed by atoms with Crippen molar-refractivity contribution >= 4 is 5.69 Å². The molecule has 1 heterocycles.